The van der Waals surface area contributed by atoms with Gasteiger partial charge in [0.15, 0.2) is 5.54 Å². The second kappa shape index (κ2) is 8.04. The molecule has 31 heavy (non-hydrogen) atoms. The number of carbonyl (C=O) groups excluding carboxylic acids is 3. The molecule has 2 amide bonds. The van der Waals surface area contributed by atoms with Crippen molar-refractivity contribution in [1.82, 2.24) is 10.2 Å². The number of hydrogen-bond acceptors (Lipinski definition) is 5. The lowest BCUT2D eigenvalue weighted by molar-refractivity contribution is -0.174. The Morgan fingerprint density at radius 2 is 1.58 bits per heavy atom. The van der Waals surface area contributed by atoms with Gasteiger partial charge in [0.2, 0.25) is 11.8 Å². The van der Waals surface area contributed by atoms with E-state index in [4.69, 9.17) is 4.74 Å². The maximum atomic E-state index is 13.1. The number of nitrogens with zero attached hydrogens (tertiary/aromatic N) is 1. The third-order valence-corrected chi connectivity index (χ3v) is 7.96. The molecule has 0 spiro atoms. The van der Waals surface area contributed by atoms with Crippen molar-refractivity contribution >= 4 is 29.5 Å². The SMILES string of the molecule is CC1(C)S[C@@H]2[C@@H](NC(=O)Cc3ccccc3)C(=O)N2[C@@]1(C)C(=O)OCc1ccccc1. The van der Waals surface area contributed by atoms with Gasteiger partial charge in [-0.3, -0.25) is 9.59 Å². The average Bonchev–Trinajstić information content (AvgIpc) is 2.95. The number of rotatable bonds is 6. The van der Waals surface area contributed by atoms with Crippen molar-refractivity contribution in [3.05, 3.63) is 71.8 Å². The highest BCUT2D eigenvalue weighted by molar-refractivity contribution is 8.01. The zero-order chi connectivity index (χ0) is 22.2. The molecule has 2 aromatic rings. The zero-order valence-electron chi connectivity index (χ0n) is 17.8. The van der Waals surface area contributed by atoms with Gasteiger partial charge in [-0.1, -0.05) is 60.7 Å². The third-order valence-electron chi connectivity index (χ3n) is 6.25. The number of hydrogen-bond donors (Lipinski definition) is 1. The fourth-order valence-electron chi connectivity index (χ4n) is 4.11. The standard InChI is InChI=1S/C24H26N2O4S/c1-23(2)24(3,22(29)30-15-17-12-8-5-9-13-17)26-20(28)19(21(26)31-23)25-18(27)14-16-10-6-4-7-11-16/h4-13,19,21H,14-15H2,1-3H3,(H,25,27)/t19-,21+,24-/m0/s1. The van der Waals surface area contributed by atoms with Crippen molar-refractivity contribution in [2.24, 2.45) is 0 Å². The number of β-lactam (4-membered cyclic amide) rings is 1. The summed E-state index contributed by atoms with van der Waals surface area (Å²) < 4.78 is 5.04. The molecule has 162 valence electrons. The van der Waals surface area contributed by atoms with Gasteiger partial charge in [-0.2, -0.15) is 0 Å². The van der Waals surface area contributed by atoms with Crippen LogP contribution in [0.3, 0.4) is 0 Å². The molecule has 2 aliphatic rings. The fourth-order valence-corrected chi connectivity index (χ4v) is 5.87. The van der Waals surface area contributed by atoms with Crippen LogP contribution in [0.5, 0.6) is 0 Å². The monoisotopic (exact) mass is 438 g/mol. The van der Waals surface area contributed by atoms with Crippen LogP contribution in [0.1, 0.15) is 31.9 Å². The molecule has 7 heteroatoms. The number of fused-ring (bicyclic) bond motifs is 1. The highest BCUT2D eigenvalue weighted by Crippen LogP contribution is 2.57. The maximum Gasteiger partial charge on any atom is 0.333 e. The molecule has 2 fully saturated rings. The first kappa shape index (κ1) is 21.4. The maximum absolute atomic E-state index is 13.1. The Labute approximate surface area is 186 Å². The van der Waals surface area contributed by atoms with E-state index in [9.17, 15) is 14.4 Å². The Balaban J connectivity index is 1.44. The van der Waals surface area contributed by atoms with Crippen LogP contribution in [0.2, 0.25) is 0 Å². The van der Waals surface area contributed by atoms with Gasteiger partial charge in [0.05, 0.1) is 6.42 Å². The van der Waals surface area contributed by atoms with Gasteiger partial charge in [0.25, 0.3) is 0 Å². The first-order valence-electron chi connectivity index (χ1n) is 10.3. The van der Waals surface area contributed by atoms with E-state index in [1.807, 2.05) is 74.5 Å². The van der Waals surface area contributed by atoms with Crippen molar-refractivity contribution in [3.63, 3.8) is 0 Å². The van der Waals surface area contributed by atoms with E-state index in [1.54, 1.807) is 11.8 Å². The number of amides is 2. The number of nitrogens with one attached hydrogen (secondary N) is 1. The van der Waals surface area contributed by atoms with Gasteiger partial charge < -0.3 is 15.0 Å². The van der Waals surface area contributed by atoms with Crippen LogP contribution in [0.25, 0.3) is 0 Å². The molecule has 0 radical (unpaired) electrons. The summed E-state index contributed by atoms with van der Waals surface area (Å²) in [5, 5.41) is 2.56. The highest BCUT2D eigenvalue weighted by Gasteiger charge is 2.71. The molecule has 0 saturated carbocycles. The summed E-state index contributed by atoms with van der Waals surface area (Å²) in [7, 11) is 0. The normalized spacial score (nSPS) is 26.0. The highest BCUT2D eigenvalue weighted by atomic mass is 32.2. The molecule has 0 aliphatic carbocycles. The van der Waals surface area contributed by atoms with Crippen molar-refractivity contribution < 1.29 is 19.1 Å². The number of ether oxygens (including phenoxy) is 1. The van der Waals surface area contributed by atoms with Crippen LogP contribution in [0.4, 0.5) is 0 Å². The fraction of sp³-hybridized carbons (Fsp3) is 0.375. The Bertz CT molecular complexity index is 995. The third kappa shape index (κ3) is 3.71. The van der Waals surface area contributed by atoms with Gasteiger partial charge in [-0.25, -0.2) is 4.79 Å². The first-order valence-corrected chi connectivity index (χ1v) is 11.2. The van der Waals surface area contributed by atoms with Crippen molar-refractivity contribution in [2.75, 3.05) is 0 Å². The van der Waals surface area contributed by atoms with Gasteiger partial charge in [0.1, 0.15) is 18.0 Å². The quantitative estimate of drug-likeness (QED) is 0.554. The molecule has 0 bridgehead atoms. The Morgan fingerprint density at radius 1 is 1.00 bits per heavy atom. The summed E-state index contributed by atoms with van der Waals surface area (Å²) in [5.74, 6) is -0.884. The number of carbonyl (C=O) groups is 3. The summed E-state index contributed by atoms with van der Waals surface area (Å²) in [5.41, 5.74) is 0.660. The van der Waals surface area contributed by atoms with Gasteiger partial charge >= 0.3 is 5.97 Å². The van der Waals surface area contributed by atoms with E-state index in [1.165, 1.54) is 11.8 Å². The van der Waals surface area contributed by atoms with E-state index in [2.05, 4.69) is 5.32 Å². The Morgan fingerprint density at radius 3 is 2.19 bits per heavy atom. The summed E-state index contributed by atoms with van der Waals surface area (Å²) in [4.78, 5) is 40.2. The first-order chi connectivity index (χ1) is 14.7. The summed E-state index contributed by atoms with van der Waals surface area (Å²) in [6.07, 6.45) is 0.210. The van der Waals surface area contributed by atoms with E-state index in [0.29, 0.717) is 0 Å². The Kier molecular flexibility index (Phi) is 5.56. The topological polar surface area (TPSA) is 75.7 Å². The van der Waals surface area contributed by atoms with Crippen LogP contribution in [0.15, 0.2) is 60.7 Å². The summed E-state index contributed by atoms with van der Waals surface area (Å²) in [6.45, 7) is 5.79. The second-order valence-corrected chi connectivity index (χ2v) is 10.3. The molecule has 4 rings (SSSR count). The van der Waals surface area contributed by atoms with E-state index in [-0.39, 0.29) is 30.2 Å². The predicted molar refractivity (Wildman–Crippen MR) is 119 cm³/mol. The lowest BCUT2D eigenvalue weighted by atomic mass is 9.82. The molecule has 0 aromatic heterocycles. The molecule has 6 nitrogen and oxygen atoms in total. The van der Waals surface area contributed by atoms with E-state index in [0.717, 1.165) is 11.1 Å². The van der Waals surface area contributed by atoms with Gasteiger partial charge in [-0.15, -0.1) is 11.8 Å². The molecule has 0 unspecified atom stereocenters. The van der Waals surface area contributed by atoms with Crippen LogP contribution < -0.4 is 5.32 Å². The van der Waals surface area contributed by atoms with Crippen LogP contribution >= 0.6 is 11.8 Å². The lowest BCUT2D eigenvalue weighted by Gasteiger charge is -2.48. The Hall–Kier alpha value is -2.80. The molecule has 2 heterocycles. The molecule has 2 aliphatic heterocycles. The van der Waals surface area contributed by atoms with Gasteiger partial charge in [0, 0.05) is 4.75 Å². The number of esters is 1. The minimum Gasteiger partial charge on any atom is -0.459 e. The molecular weight excluding hydrogens is 412 g/mol. The summed E-state index contributed by atoms with van der Waals surface area (Å²) >= 11 is 1.52. The largest absolute Gasteiger partial charge is 0.459 e. The van der Waals surface area contributed by atoms with Crippen LogP contribution in [-0.4, -0.2) is 44.4 Å². The minimum absolute atomic E-state index is 0.153. The molecule has 2 saturated heterocycles. The van der Waals surface area contributed by atoms with Crippen LogP contribution in [-0.2, 0) is 32.1 Å². The zero-order valence-corrected chi connectivity index (χ0v) is 18.6. The van der Waals surface area contributed by atoms with E-state index >= 15 is 0 Å². The molecular formula is C24H26N2O4S. The predicted octanol–water partition coefficient (Wildman–Crippen LogP) is 2.91. The number of thioether (sulfide) groups is 1. The molecule has 2 aromatic carbocycles. The van der Waals surface area contributed by atoms with Crippen molar-refractivity contribution in [3.8, 4) is 0 Å². The minimum atomic E-state index is -1.12. The molecule has 1 N–H and O–H groups in total. The smallest absolute Gasteiger partial charge is 0.333 e. The van der Waals surface area contributed by atoms with Crippen LogP contribution in [0, 0.1) is 0 Å². The summed E-state index contributed by atoms with van der Waals surface area (Å²) in [6, 6.07) is 18.2. The van der Waals surface area contributed by atoms with Gasteiger partial charge in [-0.05, 0) is 31.9 Å². The van der Waals surface area contributed by atoms with Crippen molar-refractivity contribution in [1.29, 1.82) is 0 Å². The average molecular weight is 439 g/mol. The number of benzene rings is 2. The van der Waals surface area contributed by atoms with E-state index < -0.39 is 22.3 Å². The van der Waals surface area contributed by atoms with Crippen molar-refractivity contribution in [2.45, 2.75) is 55.5 Å². The second-order valence-electron chi connectivity index (χ2n) is 8.57. The lowest BCUT2D eigenvalue weighted by Crippen LogP contribution is -2.74. The molecule has 3 atom stereocenters.